The second kappa shape index (κ2) is 10.6. The first-order valence-electron chi connectivity index (χ1n) is 9.72. The molecule has 1 heterocycles. The van der Waals surface area contributed by atoms with Crippen molar-refractivity contribution in [3.05, 3.63) is 58.4 Å². The number of nitrogens with zero attached hydrogens (tertiary/aromatic N) is 1. The van der Waals surface area contributed by atoms with Gasteiger partial charge in [0, 0.05) is 10.9 Å². The van der Waals surface area contributed by atoms with Crippen LogP contribution in [0.15, 0.2) is 47.8 Å². The lowest BCUT2D eigenvalue weighted by atomic mass is 10.2. The molecule has 7 heteroatoms. The summed E-state index contributed by atoms with van der Waals surface area (Å²) < 4.78 is 16.2. The molecule has 0 radical (unpaired) electrons. The Balaban J connectivity index is 1.40. The molecule has 0 saturated heterocycles. The predicted octanol–water partition coefficient (Wildman–Crippen LogP) is 4.99. The summed E-state index contributed by atoms with van der Waals surface area (Å²) in [5, 5.41) is 11.9. The van der Waals surface area contributed by atoms with E-state index in [4.69, 9.17) is 24.3 Å². The SMILES string of the molecule is COc1ccc(-c2csc(CCCCOc3ccc(OCC(=O)O)c(C)c3)n2)cc1. The second-order valence-electron chi connectivity index (χ2n) is 6.77. The summed E-state index contributed by atoms with van der Waals surface area (Å²) in [7, 11) is 1.66. The van der Waals surface area contributed by atoms with E-state index in [1.54, 1.807) is 30.6 Å². The van der Waals surface area contributed by atoms with E-state index in [-0.39, 0.29) is 6.61 Å². The smallest absolute Gasteiger partial charge is 0.341 e. The van der Waals surface area contributed by atoms with E-state index in [1.165, 1.54) is 0 Å². The van der Waals surface area contributed by atoms with Crippen LogP contribution in [-0.4, -0.2) is 36.4 Å². The summed E-state index contributed by atoms with van der Waals surface area (Å²) >= 11 is 1.68. The first kappa shape index (κ1) is 21.6. The number of carboxylic acids is 1. The minimum atomic E-state index is -0.994. The van der Waals surface area contributed by atoms with E-state index in [1.807, 2.05) is 37.3 Å². The summed E-state index contributed by atoms with van der Waals surface area (Å²) in [5.41, 5.74) is 2.94. The Kier molecular flexibility index (Phi) is 7.68. The predicted molar refractivity (Wildman–Crippen MR) is 117 cm³/mol. The highest BCUT2D eigenvalue weighted by atomic mass is 32.1. The number of hydrogen-bond donors (Lipinski definition) is 1. The molecular weight excluding hydrogens is 402 g/mol. The number of aryl methyl sites for hydroxylation is 2. The number of unbranched alkanes of at least 4 members (excludes halogenated alkanes) is 1. The molecule has 0 saturated carbocycles. The number of benzene rings is 2. The van der Waals surface area contributed by atoms with Gasteiger partial charge in [0.1, 0.15) is 17.2 Å². The monoisotopic (exact) mass is 427 g/mol. The Morgan fingerprint density at radius 3 is 2.53 bits per heavy atom. The topological polar surface area (TPSA) is 77.9 Å². The highest BCUT2D eigenvalue weighted by Gasteiger charge is 2.07. The third-order valence-electron chi connectivity index (χ3n) is 4.49. The van der Waals surface area contributed by atoms with Crippen LogP contribution < -0.4 is 14.2 Å². The fraction of sp³-hybridized carbons (Fsp3) is 0.304. The van der Waals surface area contributed by atoms with E-state index in [0.717, 1.165) is 52.6 Å². The lowest BCUT2D eigenvalue weighted by Gasteiger charge is -2.10. The Hall–Kier alpha value is -3.06. The molecule has 0 spiro atoms. The van der Waals surface area contributed by atoms with Gasteiger partial charge in [-0.2, -0.15) is 0 Å². The van der Waals surface area contributed by atoms with Crippen molar-refractivity contribution in [1.29, 1.82) is 0 Å². The van der Waals surface area contributed by atoms with Gasteiger partial charge in [-0.3, -0.25) is 0 Å². The number of carboxylic acid groups (broad SMARTS) is 1. The molecule has 0 aliphatic heterocycles. The van der Waals surface area contributed by atoms with Crippen LogP contribution in [0.5, 0.6) is 17.2 Å². The van der Waals surface area contributed by atoms with Gasteiger partial charge in [-0.1, -0.05) is 0 Å². The summed E-state index contributed by atoms with van der Waals surface area (Å²) in [6.07, 6.45) is 2.84. The molecule has 0 bridgehead atoms. The quantitative estimate of drug-likeness (QED) is 0.434. The fourth-order valence-corrected chi connectivity index (χ4v) is 3.75. The molecule has 0 atom stereocenters. The highest BCUT2D eigenvalue weighted by Crippen LogP contribution is 2.26. The van der Waals surface area contributed by atoms with Gasteiger partial charge in [0.2, 0.25) is 0 Å². The van der Waals surface area contributed by atoms with Crippen LogP contribution in [0.2, 0.25) is 0 Å². The van der Waals surface area contributed by atoms with Gasteiger partial charge in [-0.15, -0.1) is 11.3 Å². The second-order valence-corrected chi connectivity index (χ2v) is 7.71. The number of ether oxygens (including phenoxy) is 3. The summed E-state index contributed by atoms with van der Waals surface area (Å²) in [6, 6.07) is 13.3. The third-order valence-corrected chi connectivity index (χ3v) is 5.40. The average Bonchev–Trinajstić information content (AvgIpc) is 3.22. The van der Waals surface area contributed by atoms with Gasteiger partial charge in [-0.05, 0) is 74.2 Å². The molecule has 2 aromatic carbocycles. The van der Waals surface area contributed by atoms with Gasteiger partial charge >= 0.3 is 5.97 Å². The Bertz CT molecular complexity index is 968. The molecule has 3 rings (SSSR count). The number of hydrogen-bond acceptors (Lipinski definition) is 6. The Morgan fingerprint density at radius 2 is 1.83 bits per heavy atom. The van der Waals surface area contributed by atoms with E-state index < -0.39 is 5.97 Å². The lowest BCUT2D eigenvalue weighted by molar-refractivity contribution is -0.139. The van der Waals surface area contributed by atoms with E-state index in [0.29, 0.717) is 12.4 Å². The van der Waals surface area contributed by atoms with Crippen LogP contribution in [0.4, 0.5) is 0 Å². The average molecular weight is 428 g/mol. The van der Waals surface area contributed by atoms with Gasteiger partial charge in [0.15, 0.2) is 6.61 Å². The van der Waals surface area contributed by atoms with E-state index >= 15 is 0 Å². The number of rotatable bonds is 11. The van der Waals surface area contributed by atoms with Crippen molar-refractivity contribution in [3.63, 3.8) is 0 Å². The number of aliphatic carboxylic acids is 1. The zero-order valence-electron chi connectivity index (χ0n) is 17.1. The minimum Gasteiger partial charge on any atom is -0.497 e. The molecule has 1 aromatic heterocycles. The molecule has 3 aromatic rings. The number of aromatic nitrogens is 1. The van der Waals surface area contributed by atoms with E-state index in [9.17, 15) is 4.79 Å². The summed E-state index contributed by atoms with van der Waals surface area (Å²) in [4.78, 5) is 15.3. The maximum absolute atomic E-state index is 10.6. The maximum Gasteiger partial charge on any atom is 0.341 e. The number of carbonyl (C=O) groups is 1. The summed E-state index contributed by atoms with van der Waals surface area (Å²) in [5.74, 6) is 1.16. The standard InChI is InChI=1S/C23H25NO5S/c1-16-13-19(10-11-21(16)29-14-23(25)26)28-12-4-3-5-22-24-20(15-30-22)17-6-8-18(27-2)9-7-17/h6-11,13,15H,3-5,12,14H2,1-2H3,(H,25,26). The van der Waals surface area contributed by atoms with Crippen LogP contribution in [0.1, 0.15) is 23.4 Å². The van der Waals surface area contributed by atoms with Crippen molar-refractivity contribution in [2.45, 2.75) is 26.2 Å². The molecule has 0 aliphatic rings. The number of thiazole rings is 1. The van der Waals surface area contributed by atoms with Crippen LogP contribution >= 0.6 is 11.3 Å². The first-order chi connectivity index (χ1) is 14.5. The first-order valence-corrected chi connectivity index (χ1v) is 10.6. The normalized spacial score (nSPS) is 10.6. The molecule has 6 nitrogen and oxygen atoms in total. The van der Waals surface area contributed by atoms with Gasteiger partial charge in [-0.25, -0.2) is 9.78 Å². The highest BCUT2D eigenvalue weighted by molar-refractivity contribution is 7.09. The zero-order valence-corrected chi connectivity index (χ0v) is 17.9. The van der Waals surface area contributed by atoms with Crippen LogP contribution in [-0.2, 0) is 11.2 Å². The van der Waals surface area contributed by atoms with Crippen molar-refractivity contribution in [1.82, 2.24) is 4.98 Å². The molecule has 0 aliphatic carbocycles. The fourth-order valence-electron chi connectivity index (χ4n) is 2.90. The Morgan fingerprint density at radius 1 is 1.07 bits per heavy atom. The molecule has 0 fully saturated rings. The van der Waals surface area contributed by atoms with Crippen molar-refractivity contribution in [3.8, 4) is 28.5 Å². The summed E-state index contributed by atoms with van der Waals surface area (Å²) in [6.45, 7) is 2.14. The molecular formula is C23H25NO5S. The molecule has 30 heavy (non-hydrogen) atoms. The van der Waals surface area contributed by atoms with Gasteiger partial charge in [0.25, 0.3) is 0 Å². The minimum absolute atomic E-state index is 0.349. The van der Waals surface area contributed by atoms with Crippen LogP contribution in [0, 0.1) is 6.92 Å². The molecule has 0 amide bonds. The molecule has 0 unspecified atom stereocenters. The zero-order chi connectivity index (χ0) is 21.3. The van der Waals surface area contributed by atoms with Crippen molar-refractivity contribution in [2.24, 2.45) is 0 Å². The maximum atomic E-state index is 10.6. The lowest BCUT2D eigenvalue weighted by Crippen LogP contribution is -2.10. The van der Waals surface area contributed by atoms with E-state index in [2.05, 4.69) is 5.38 Å². The van der Waals surface area contributed by atoms with Crippen molar-refractivity contribution < 1.29 is 24.1 Å². The Labute approximate surface area is 180 Å². The van der Waals surface area contributed by atoms with Gasteiger partial charge < -0.3 is 19.3 Å². The van der Waals surface area contributed by atoms with Crippen LogP contribution in [0.25, 0.3) is 11.3 Å². The van der Waals surface area contributed by atoms with Crippen molar-refractivity contribution >= 4 is 17.3 Å². The molecule has 158 valence electrons. The third kappa shape index (κ3) is 6.22. The van der Waals surface area contributed by atoms with Gasteiger partial charge in [0.05, 0.1) is 24.4 Å². The number of methoxy groups -OCH3 is 1. The van der Waals surface area contributed by atoms with Crippen LogP contribution in [0.3, 0.4) is 0 Å². The molecule has 1 N–H and O–H groups in total. The van der Waals surface area contributed by atoms with Crippen molar-refractivity contribution in [2.75, 3.05) is 20.3 Å². The largest absolute Gasteiger partial charge is 0.497 e.